The number of piperidine rings is 1. The third-order valence-electron chi connectivity index (χ3n) is 6.73. The first-order chi connectivity index (χ1) is 15.2. The summed E-state index contributed by atoms with van der Waals surface area (Å²) in [4.78, 5) is 4.70. The Labute approximate surface area is 195 Å². The van der Waals surface area contributed by atoms with Crippen LogP contribution >= 0.6 is 0 Å². The van der Waals surface area contributed by atoms with Gasteiger partial charge in [-0.1, -0.05) is 49.6 Å². The number of allylic oxidation sites excluding steroid dienone is 6. The molecule has 1 aromatic carbocycles. The van der Waals surface area contributed by atoms with E-state index >= 15 is 0 Å². The molecule has 3 nitrogen and oxygen atoms in total. The minimum atomic E-state index is -0.108. The molecular formula is C29H39N3. The van der Waals surface area contributed by atoms with Gasteiger partial charge in [0, 0.05) is 36.7 Å². The van der Waals surface area contributed by atoms with Gasteiger partial charge < -0.3 is 9.80 Å². The minimum absolute atomic E-state index is 0.108. The average Bonchev–Trinajstić information content (AvgIpc) is 2.82. The highest BCUT2D eigenvalue weighted by Crippen LogP contribution is 2.31. The number of benzene rings is 1. The molecule has 0 N–H and O–H groups in total. The molecule has 1 fully saturated rings. The van der Waals surface area contributed by atoms with Crippen molar-refractivity contribution in [2.75, 3.05) is 19.6 Å². The molecule has 1 atom stereocenters. The van der Waals surface area contributed by atoms with Crippen LogP contribution in [0.4, 0.5) is 0 Å². The highest BCUT2D eigenvalue weighted by molar-refractivity contribution is 5.63. The van der Waals surface area contributed by atoms with Gasteiger partial charge in [0.15, 0.2) is 0 Å². The first-order valence-electron chi connectivity index (χ1n) is 11.6. The topological polar surface area (TPSA) is 30.3 Å². The summed E-state index contributed by atoms with van der Waals surface area (Å²) in [7, 11) is 0. The van der Waals surface area contributed by atoms with E-state index < -0.39 is 0 Å². The number of nitrogens with zero attached hydrogens (tertiary/aromatic N) is 3. The standard InChI is InChI=1S/C29H39N3/c1-9-21(3)25(7)32(10-2)24(6)18-22(4)27-14-16-31(17-15-27)26(8)29-13-11-12-28(19-29)23(5)20-30/h9,11-13,18-19,23,27H,1,4,8,10,14-17H2,2-3,5-7H3/b24-18-,25-21-. The Morgan fingerprint density at radius 2 is 1.91 bits per heavy atom. The van der Waals surface area contributed by atoms with Crippen LogP contribution in [-0.4, -0.2) is 29.4 Å². The fourth-order valence-electron chi connectivity index (χ4n) is 4.34. The molecule has 0 bridgehead atoms. The molecule has 170 valence electrons. The van der Waals surface area contributed by atoms with Crippen molar-refractivity contribution in [1.29, 1.82) is 5.26 Å². The van der Waals surface area contributed by atoms with E-state index in [1.165, 1.54) is 22.5 Å². The molecule has 1 aliphatic rings. The van der Waals surface area contributed by atoms with Crippen LogP contribution in [0, 0.1) is 17.2 Å². The zero-order valence-corrected chi connectivity index (χ0v) is 20.6. The number of nitriles is 1. The van der Waals surface area contributed by atoms with Gasteiger partial charge in [-0.2, -0.15) is 5.26 Å². The molecule has 0 amide bonds. The lowest BCUT2D eigenvalue weighted by Crippen LogP contribution is -2.32. The third-order valence-corrected chi connectivity index (χ3v) is 6.73. The second-order valence-corrected chi connectivity index (χ2v) is 8.76. The summed E-state index contributed by atoms with van der Waals surface area (Å²) in [5.74, 6) is 0.380. The molecule has 3 heteroatoms. The molecule has 1 unspecified atom stereocenters. The monoisotopic (exact) mass is 429 g/mol. The molecule has 1 heterocycles. The quantitative estimate of drug-likeness (QED) is 0.387. The smallest absolute Gasteiger partial charge is 0.0700 e. The second-order valence-electron chi connectivity index (χ2n) is 8.76. The van der Waals surface area contributed by atoms with Crippen molar-refractivity contribution < 1.29 is 0 Å². The Morgan fingerprint density at radius 3 is 2.47 bits per heavy atom. The zero-order chi connectivity index (χ0) is 23.8. The van der Waals surface area contributed by atoms with Crippen LogP contribution < -0.4 is 0 Å². The Balaban J connectivity index is 2.03. The van der Waals surface area contributed by atoms with Crippen LogP contribution in [0.25, 0.3) is 5.70 Å². The molecule has 0 spiro atoms. The van der Waals surface area contributed by atoms with Crippen LogP contribution in [0.3, 0.4) is 0 Å². The normalized spacial score (nSPS) is 16.6. The van der Waals surface area contributed by atoms with E-state index in [1.54, 1.807) is 0 Å². The van der Waals surface area contributed by atoms with E-state index in [1.807, 2.05) is 25.1 Å². The Kier molecular flexibility index (Phi) is 9.14. The van der Waals surface area contributed by atoms with Crippen molar-refractivity contribution in [1.82, 2.24) is 9.80 Å². The molecule has 0 saturated carbocycles. The third kappa shape index (κ3) is 6.04. The van der Waals surface area contributed by atoms with Crippen LogP contribution in [0.1, 0.15) is 64.5 Å². The van der Waals surface area contributed by atoms with Gasteiger partial charge in [-0.25, -0.2) is 0 Å². The fraction of sp³-hybridized carbons (Fsp3) is 0.414. The second kappa shape index (κ2) is 11.6. The summed E-state index contributed by atoms with van der Waals surface area (Å²) in [6, 6.07) is 10.6. The van der Waals surface area contributed by atoms with E-state index in [-0.39, 0.29) is 5.92 Å². The number of likely N-dealkylation sites (tertiary alicyclic amines) is 1. The van der Waals surface area contributed by atoms with E-state index in [2.05, 4.69) is 81.5 Å². The molecule has 1 aromatic rings. The number of rotatable bonds is 9. The van der Waals surface area contributed by atoms with Gasteiger partial charge in [0.2, 0.25) is 0 Å². The van der Waals surface area contributed by atoms with Crippen LogP contribution in [0.15, 0.2) is 78.7 Å². The molecule has 2 rings (SSSR count). The molecular weight excluding hydrogens is 390 g/mol. The van der Waals surface area contributed by atoms with E-state index in [4.69, 9.17) is 0 Å². The lowest BCUT2D eigenvalue weighted by Gasteiger charge is -2.35. The molecule has 0 aromatic heterocycles. The number of hydrogen-bond acceptors (Lipinski definition) is 3. The Bertz CT molecular complexity index is 949. The van der Waals surface area contributed by atoms with Gasteiger partial charge in [0.25, 0.3) is 0 Å². The van der Waals surface area contributed by atoms with Gasteiger partial charge in [0.05, 0.1) is 12.0 Å². The van der Waals surface area contributed by atoms with Gasteiger partial charge in [0.1, 0.15) is 0 Å². The molecule has 0 radical (unpaired) electrons. The van der Waals surface area contributed by atoms with Crippen molar-refractivity contribution in [2.24, 2.45) is 5.92 Å². The SMILES string of the molecule is C=C/C(C)=C(/C)N(CC)/C(C)=C\C(=C)C1CCN(C(=C)c2cccc(C(C)C#N)c2)CC1. The van der Waals surface area contributed by atoms with Gasteiger partial charge in [-0.05, 0) is 82.2 Å². The van der Waals surface area contributed by atoms with Gasteiger partial charge in [-0.15, -0.1) is 0 Å². The van der Waals surface area contributed by atoms with Crippen molar-refractivity contribution in [3.63, 3.8) is 0 Å². The molecule has 0 aliphatic carbocycles. The first kappa shape index (κ1) is 25.3. The predicted molar refractivity (Wildman–Crippen MR) is 138 cm³/mol. The number of hydrogen-bond donors (Lipinski definition) is 0. The lowest BCUT2D eigenvalue weighted by molar-refractivity contribution is 0.280. The first-order valence-corrected chi connectivity index (χ1v) is 11.6. The van der Waals surface area contributed by atoms with Crippen molar-refractivity contribution in [3.05, 3.63) is 89.8 Å². The summed E-state index contributed by atoms with van der Waals surface area (Å²) >= 11 is 0. The minimum Gasteiger partial charge on any atom is -0.371 e. The highest BCUT2D eigenvalue weighted by atomic mass is 15.1. The maximum absolute atomic E-state index is 9.22. The molecule has 1 saturated heterocycles. The van der Waals surface area contributed by atoms with E-state index in [0.29, 0.717) is 5.92 Å². The van der Waals surface area contributed by atoms with Crippen molar-refractivity contribution >= 4 is 5.70 Å². The predicted octanol–water partition coefficient (Wildman–Crippen LogP) is 7.26. The summed E-state index contributed by atoms with van der Waals surface area (Å²) in [6.07, 6.45) is 6.32. The zero-order valence-electron chi connectivity index (χ0n) is 20.6. The summed E-state index contributed by atoms with van der Waals surface area (Å²) in [6.45, 7) is 26.1. The Morgan fingerprint density at radius 1 is 1.25 bits per heavy atom. The maximum atomic E-state index is 9.22. The van der Waals surface area contributed by atoms with E-state index in [0.717, 1.165) is 49.3 Å². The molecule has 1 aliphatic heterocycles. The summed E-state index contributed by atoms with van der Waals surface area (Å²) in [5, 5.41) is 9.22. The van der Waals surface area contributed by atoms with Gasteiger partial charge in [-0.3, -0.25) is 0 Å². The van der Waals surface area contributed by atoms with Crippen molar-refractivity contribution in [3.8, 4) is 6.07 Å². The van der Waals surface area contributed by atoms with Gasteiger partial charge >= 0.3 is 0 Å². The fourth-order valence-corrected chi connectivity index (χ4v) is 4.34. The van der Waals surface area contributed by atoms with Crippen LogP contribution in [-0.2, 0) is 0 Å². The van der Waals surface area contributed by atoms with Crippen LogP contribution in [0.2, 0.25) is 0 Å². The summed E-state index contributed by atoms with van der Waals surface area (Å²) < 4.78 is 0. The van der Waals surface area contributed by atoms with Crippen LogP contribution in [0.5, 0.6) is 0 Å². The average molecular weight is 430 g/mol. The maximum Gasteiger partial charge on any atom is 0.0700 e. The Hall–Kier alpha value is -2.99. The lowest BCUT2D eigenvalue weighted by atomic mass is 9.88. The highest BCUT2D eigenvalue weighted by Gasteiger charge is 2.22. The summed E-state index contributed by atoms with van der Waals surface area (Å²) in [5.41, 5.74) is 8.08. The van der Waals surface area contributed by atoms with Crippen molar-refractivity contribution in [2.45, 2.75) is 53.4 Å². The van der Waals surface area contributed by atoms with E-state index in [9.17, 15) is 5.26 Å². The molecule has 32 heavy (non-hydrogen) atoms. The largest absolute Gasteiger partial charge is 0.371 e.